The molecule has 1 amide bonds. The fourth-order valence-corrected chi connectivity index (χ4v) is 4.49. The number of carbonyl (C=O) groups excluding carboxylic acids is 1. The van der Waals surface area contributed by atoms with Crippen LogP contribution in [0.2, 0.25) is 0 Å². The van der Waals surface area contributed by atoms with Crippen LogP contribution >= 0.6 is 27.7 Å². The molecule has 0 bridgehead atoms. The van der Waals surface area contributed by atoms with Gasteiger partial charge in [0.2, 0.25) is 5.91 Å². The number of likely N-dealkylation sites (tertiary alicyclic amines) is 1. The van der Waals surface area contributed by atoms with Gasteiger partial charge in [-0.1, -0.05) is 46.3 Å². The number of halogens is 1. The molecule has 3 nitrogen and oxygen atoms in total. The molecule has 5 heteroatoms. The van der Waals surface area contributed by atoms with Gasteiger partial charge in [0.15, 0.2) is 0 Å². The first-order valence-electron chi connectivity index (χ1n) is 9.13. The number of benzene rings is 2. The first-order valence-corrected chi connectivity index (χ1v) is 10.9. The minimum absolute atomic E-state index is 0.162. The van der Waals surface area contributed by atoms with E-state index >= 15 is 0 Å². The molecule has 1 saturated heterocycles. The standard InChI is InChI=1S/C21H25BrN2OS/c22-19-6-4-5-17(15-19)16-24-12-9-18(10-13-24)21(25)23-11-14-26-20-7-2-1-3-8-20/h1-8,15,18H,9-14,16H2,(H,23,25). The highest BCUT2D eigenvalue weighted by atomic mass is 79.9. The van der Waals surface area contributed by atoms with Crippen LogP contribution in [0.1, 0.15) is 18.4 Å². The van der Waals surface area contributed by atoms with Gasteiger partial charge in [-0.2, -0.15) is 0 Å². The fourth-order valence-electron chi connectivity index (χ4n) is 3.25. The van der Waals surface area contributed by atoms with Crippen LogP contribution in [0.15, 0.2) is 64.0 Å². The highest BCUT2D eigenvalue weighted by Crippen LogP contribution is 2.21. The summed E-state index contributed by atoms with van der Waals surface area (Å²) in [5.74, 6) is 1.30. The third kappa shape index (κ3) is 6.15. The number of thioether (sulfide) groups is 1. The van der Waals surface area contributed by atoms with Crippen molar-refractivity contribution in [3.05, 3.63) is 64.6 Å². The zero-order chi connectivity index (χ0) is 18.2. The Kier molecular flexibility index (Phi) is 7.59. The molecular formula is C21H25BrN2OS. The minimum Gasteiger partial charge on any atom is -0.355 e. The Balaban J connectivity index is 1.34. The lowest BCUT2D eigenvalue weighted by Crippen LogP contribution is -2.40. The molecule has 2 aromatic rings. The lowest BCUT2D eigenvalue weighted by molar-refractivity contribution is -0.126. The van der Waals surface area contributed by atoms with Gasteiger partial charge in [-0.15, -0.1) is 11.8 Å². The van der Waals surface area contributed by atoms with Crippen LogP contribution in [0.25, 0.3) is 0 Å². The van der Waals surface area contributed by atoms with Crippen molar-refractivity contribution < 1.29 is 4.79 Å². The molecule has 1 heterocycles. The number of hydrogen-bond acceptors (Lipinski definition) is 3. The third-order valence-electron chi connectivity index (χ3n) is 4.67. The van der Waals surface area contributed by atoms with E-state index in [0.717, 1.165) is 49.2 Å². The molecule has 1 fully saturated rings. The van der Waals surface area contributed by atoms with E-state index in [9.17, 15) is 4.79 Å². The molecule has 0 aromatic heterocycles. The Hall–Kier alpha value is -1.30. The van der Waals surface area contributed by atoms with Crippen LogP contribution in [0.3, 0.4) is 0 Å². The summed E-state index contributed by atoms with van der Waals surface area (Å²) in [4.78, 5) is 16.1. The van der Waals surface area contributed by atoms with Gasteiger partial charge in [0, 0.05) is 34.1 Å². The summed E-state index contributed by atoms with van der Waals surface area (Å²) in [5, 5.41) is 3.11. The number of carbonyl (C=O) groups is 1. The van der Waals surface area contributed by atoms with E-state index in [-0.39, 0.29) is 11.8 Å². The third-order valence-corrected chi connectivity index (χ3v) is 6.17. The average molecular weight is 433 g/mol. The van der Waals surface area contributed by atoms with Gasteiger partial charge >= 0.3 is 0 Å². The van der Waals surface area contributed by atoms with Crippen molar-refractivity contribution >= 4 is 33.6 Å². The van der Waals surface area contributed by atoms with Crippen LogP contribution in [0.4, 0.5) is 0 Å². The molecule has 26 heavy (non-hydrogen) atoms. The summed E-state index contributed by atoms with van der Waals surface area (Å²) in [7, 11) is 0. The van der Waals surface area contributed by atoms with E-state index in [1.165, 1.54) is 10.5 Å². The molecule has 1 aliphatic heterocycles. The predicted octanol–water partition coefficient (Wildman–Crippen LogP) is 4.57. The van der Waals surface area contributed by atoms with Crippen LogP contribution < -0.4 is 5.32 Å². The summed E-state index contributed by atoms with van der Waals surface area (Å²) in [6.45, 7) is 3.67. The van der Waals surface area contributed by atoms with E-state index in [4.69, 9.17) is 0 Å². The summed E-state index contributed by atoms with van der Waals surface area (Å²) in [6.07, 6.45) is 1.90. The average Bonchev–Trinajstić information content (AvgIpc) is 2.66. The maximum atomic E-state index is 12.4. The van der Waals surface area contributed by atoms with Crippen molar-refractivity contribution in [1.29, 1.82) is 0 Å². The Morgan fingerprint density at radius 3 is 2.62 bits per heavy atom. The van der Waals surface area contributed by atoms with Gasteiger partial charge in [-0.3, -0.25) is 9.69 Å². The molecule has 0 aliphatic carbocycles. The van der Waals surface area contributed by atoms with Crippen LogP contribution in [-0.2, 0) is 11.3 Å². The van der Waals surface area contributed by atoms with Crippen LogP contribution in [0.5, 0.6) is 0 Å². The van der Waals surface area contributed by atoms with E-state index < -0.39 is 0 Å². The van der Waals surface area contributed by atoms with Crippen molar-refractivity contribution in [2.24, 2.45) is 5.92 Å². The van der Waals surface area contributed by atoms with Crippen molar-refractivity contribution in [3.8, 4) is 0 Å². The van der Waals surface area contributed by atoms with Crippen molar-refractivity contribution in [1.82, 2.24) is 10.2 Å². The Labute approximate surface area is 168 Å². The second kappa shape index (κ2) is 10.1. The topological polar surface area (TPSA) is 32.3 Å². The Bertz CT molecular complexity index is 702. The minimum atomic E-state index is 0.162. The lowest BCUT2D eigenvalue weighted by atomic mass is 9.95. The molecular weight excluding hydrogens is 408 g/mol. The van der Waals surface area contributed by atoms with Gasteiger partial charge in [0.05, 0.1) is 0 Å². The number of nitrogens with one attached hydrogen (secondary N) is 1. The van der Waals surface area contributed by atoms with Gasteiger partial charge in [0.25, 0.3) is 0 Å². The highest BCUT2D eigenvalue weighted by Gasteiger charge is 2.24. The molecule has 138 valence electrons. The van der Waals surface area contributed by atoms with Crippen molar-refractivity contribution in [2.75, 3.05) is 25.4 Å². The number of hydrogen-bond donors (Lipinski definition) is 1. The molecule has 0 radical (unpaired) electrons. The second-order valence-corrected chi connectivity index (χ2v) is 8.72. The van der Waals surface area contributed by atoms with E-state index in [0.29, 0.717) is 0 Å². The van der Waals surface area contributed by atoms with Crippen molar-refractivity contribution in [3.63, 3.8) is 0 Å². The zero-order valence-electron chi connectivity index (χ0n) is 14.9. The molecule has 2 aromatic carbocycles. The second-order valence-electron chi connectivity index (χ2n) is 6.63. The van der Waals surface area contributed by atoms with E-state index in [1.807, 2.05) is 18.2 Å². The van der Waals surface area contributed by atoms with E-state index in [2.05, 4.69) is 62.5 Å². The summed E-state index contributed by atoms with van der Waals surface area (Å²) in [6, 6.07) is 18.8. The molecule has 0 saturated carbocycles. The molecule has 1 aliphatic rings. The smallest absolute Gasteiger partial charge is 0.223 e. The first kappa shape index (κ1) is 19.5. The number of nitrogens with zero attached hydrogens (tertiary/aromatic N) is 1. The number of amides is 1. The summed E-state index contributed by atoms with van der Waals surface area (Å²) >= 11 is 5.31. The number of piperidine rings is 1. The SMILES string of the molecule is O=C(NCCSc1ccccc1)C1CCN(Cc2cccc(Br)c2)CC1. The normalized spacial score (nSPS) is 15.7. The largest absolute Gasteiger partial charge is 0.355 e. The summed E-state index contributed by atoms with van der Waals surface area (Å²) in [5.41, 5.74) is 1.32. The Morgan fingerprint density at radius 2 is 1.88 bits per heavy atom. The molecule has 1 N–H and O–H groups in total. The predicted molar refractivity (Wildman–Crippen MR) is 112 cm³/mol. The fraction of sp³-hybridized carbons (Fsp3) is 0.381. The maximum absolute atomic E-state index is 12.4. The summed E-state index contributed by atoms with van der Waals surface area (Å²) < 4.78 is 1.12. The monoisotopic (exact) mass is 432 g/mol. The Morgan fingerprint density at radius 1 is 1.12 bits per heavy atom. The molecule has 0 unspecified atom stereocenters. The van der Waals surface area contributed by atoms with E-state index in [1.54, 1.807) is 11.8 Å². The molecule has 3 rings (SSSR count). The zero-order valence-corrected chi connectivity index (χ0v) is 17.3. The van der Waals surface area contributed by atoms with Gasteiger partial charge in [-0.05, 0) is 55.8 Å². The van der Waals surface area contributed by atoms with Gasteiger partial charge in [-0.25, -0.2) is 0 Å². The van der Waals surface area contributed by atoms with Gasteiger partial charge < -0.3 is 5.32 Å². The number of rotatable bonds is 7. The van der Waals surface area contributed by atoms with Crippen LogP contribution in [0, 0.1) is 5.92 Å². The molecule has 0 spiro atoms. The lowest BCUT2D eigenvalue weighted by Gasteiger charge is -2.31. The maximum Gasteiger partial charge on any atom is 0.223 e. The van der Waals surface area contributed by atoms with Crippen LogP contribution in [-0.4, -0.2) is 36.2 Å². The van der Waals surface area contributed by atoms with Crippen molar-refractivity contribution in [2.45, 2.75) is 24.3 Å². The first-order chi connectivity index (χ1) is 12.7. The molecule has 0 atom stereocenters. The van der Waals surface area contributed by atoms with Gasteiger partial charge in [0.1, 0.15) is 0 Å². The highest BCUT2D eigenvalue weighted by molar-refractivity contribution is 9.10. The quantitative estimate of drug-likeness (QED) is 0.513.